The van der Waals surface area contributed by atoms with Crippen molar-refractivity contribution in [3.8, 4) is 11.8 Å². The van der Waals surface area contributed by atoms with Gasteiger partial charge in [0, 0.05) is 10.9 Å². The number of carboxylic acid groups (broad SMARTS) is 1. The minimum atomic E-state index is -0.924. The second-order valence-corrected chi connectivity index (χ2v) is 3.80. The molecule has 84 valence electrons. The van der Waals surface area contributed by atoms with Crippen molar-refractivity contribution in [2.75, 3.05) is 0 Å². The van der Waals surface area contributed by atoms with Crippen LogP contribution in [-0.4, -0.2) is 16.1 Å². The van der Waals surface area contributed by atoms with Gasteiger partial charge in [0.2, 0.25) is 0 Å². The fourth-order valence-electron chi connectivity index (χ4n) is 1.40. The normalized spacial score (nSPS) is 9.71. The number of hydrogen-bond acceptors (Lipinski definition) is 2. The van der Waals surface area contributed by atoms with Gasteiger partial charge in [-0.2, -0.15) is 0 Å². The van der Waals surface area contributed by atoms with E-state index in [2.05, 4.69) is 16.8 Å². The van der Waals surface area contributed by atoms with Gasteiger partial charge in [-0.15, -0.1) is 0 Å². The number of hydrogen-bond donors (Lipinski definition) is 1. The quantitative estimate of drug-likeness (QED) is 0.621. The number of carboxylic acids is 1. The number of aromatic nitrogens is 1. The summed E-state index contributed by atoms with van der Waals surface area (Å²) in [6.07, 6.45) is -0.156. The molecule has 0 aliphatic heterocycles. The Kier molecular flexibility index (Phi) is 3.27. The number of halogens is 1. The molecule has 17 heavy (non-hydrogen) atoms. The van der Waals surface area contributed by atoms with Gasteiger partial charge < -0.3 is 5.11 Å². The van der Waals surface area contributed by atoms with Crippen LogP contribution in [0.1, 0.15) is 12.0 Å². The first-order chi connectivity index (χ1) is 8.15. The van der Waals surface area contributed by atoms with Crippen LogP contribution in [0, 0.1) is 11.8 Å². The molecule has 0 saturated heterocycles. The van der Waals surface area contributed by atoms with Crippen LogP contribution in [0.4, 0.5) is 0 Å². The lowest BCUT2D eigenvalue weighted by atomic mass is 10.1. The smallest absolute Gasteiger partial charge is 0.315 e. The molecule has 0 radical (unpaired) electrons. The van der Waals surface area contributed by atoms with Gasteiger partial charge in [-0.3, -0.25) is 4.79 Å². The first kappa shape index (κ1) is 11.4. The molecule has 0 aliphatic rings. The topological polar surface area (TPSA) is 50.2 Å². The van der Waals surface area contributed by atoms with E-state index in [0.717, 1.165) is 16.5 Å². The van der Waals surface area contributed by atoms with Gasteiger partial charge in [0.1, 0.15) is 11.6 Å². The summed E-state index contributed by atoms with van der Waals surface area (Å²) in [7, 11) is 0. The third-order valence-corrected chi connectivity index (χ3v) is 2.34. The maximum absolute atomic E-state index is 10.3. The Hall–Kier alpha value is -2.05. The van der Waals surface area contributed by atoms with Crippen molar-refractivity contribution < 1.29 is 9.90 Å². The molecule has 0 amide bonds. The molecule has 0 unspecified atom stereocenters. The molecule has 2 rings (SSSR count). The van der Waals surface area contributed by atoms with E-state index in [4.69, 9.17) is 16.7 Å². The van der Waals surface area contributed by atoms with Crippen molar-refractivity contribution in [3.05, 3.63) is 41.0 Å². The van der Waals surface area contributed by atoms with Crippen LogP contribution in [0.25, 0.3) is 10.9 Å². The summed E-state index contributed by atoms with van der Waals surface area (Å²) in [5.74, 6) is 4.45. The van der Waals surface area contributed by atoms with Gasteiger partial charge >= 0.3 is 5.97 Å². The lowest BCUT2D eigenvalue weighted by molar-refractivity contribution is -0.135. The standard InChI is InChI=1S/C13H8ClNO2/c14-12-7-5-10-8-9(2-1-3-13(16)17)4-6-11(10)15-12/h4-8H,3H2,(H,16,17). The lowest BCUT2D eigenvalue weighted by Gasteiger charge is -1.98. The number of pyridine rings is 1. The van der Waals surface area contributed by atoms with E-state index in [1.807, 2.05) is 18.2 Å². The second kappa shape index (κ2) is 4.86. The van der Waals surface area contributed by atoms with Crippen molar-refractivity contribution in [3.63, 3.8) is 0 Å². The molecule has 0 fully saturated rings. The molecule has 1 heterocycles. The average Bonchev–Trinajstić information content (AvgIpc) is 2.29. The highest BCUT2D eigenvalue weighted by atomic mass is 35.5. The van der Waals surface area contributed by atoms with Crippen LogP contribution in [0.15, 0.2) is 30.3 Å². The molecule has 0 spiro atoms. The molecular formula is C13H8ClNO2. The Balaban J connectivity index is 2.34. The van der Waals surface area contributed by atoms with E-state index in [0.29, 0.717) is 5.15 Å². The molecule has 2 aromatic rings. The van der Waals surface area contributed by atoms with E-state index >= 15 is 0 Å². The number of fused-ring (bicyclic) bond motifs is 1. The first-order valence-corrected chi connectivity index (χ1v) is 5.30. The maximum atomic E-state index is 10.3. The van der Waals surface area contributed by atoms with Gasteiger partial charge in [0.05, 0.1) is 5.52 Å². The molecule has 3 nitrogen and oxygen atoms in total. The molecule has 1 aromatic heterocycles. The summed E-state index contributed by atoms with van der Waals surface area (Å²) in [5, 5.41) is 9.84. The molecule has 1 aromatic carbocycles. The minimum absolute atomic E-state index is 0.156. The summed E-state index contributed by atoms with van der Waals surface area (Å²) in [6.45, 7) is 0. The third kappa shape index (κ3) is 2.96. The predicted molar refractivity (Wildman–Crippen MR) is 65.9 cm³/mol. The van der Waals surface area contributed by atoms with E-state index < -0.39 is 5.97 Å². The van der Waals surface area contributed by atoms with Gasteiger partial charge in [0.25, 0.3) is 0 Å². The molecule has 0 atom stereocenters. The van der Waals surface area contributed by atoms with Crippen molar-refractivity contribution in [1.29, 1.82) is 0 Å². The summed E-state index contributed by atoms with van der Waals surface area (Å²) >= 11 is 5.77. The molecule has 4 heteroatoms. The summed E-state index contributed by atoms with van der Waals surface area (Å²) < 4.78 is 0. The Morgan fingerprint density at radius 1 is 1.35 bits per heavy atom. The Morgan fingerprint density at radius 2 is 2.18 bits per heavy atom. The van der Waals surface area contributed by atoms with Gasteiger partial charge in [-0.1, -0.05) is 23.4 Å². The van der Waals surface area contributed by atoms with Crippen LogP contribution < -0.4 is 0 Å². The lowest BCUT2D eigenvalue weighted by Crippen LogP contribution is -1.90. The van der Waals surface area contributed by atoms with Crippen LogP contribution in [0.2, 0.25) is 5.15 Å². The molecule has 0 saturated carbocycles. The number of rotatable bonds is 1. The average molecular weight is 246 g/mol. The molecule has 1 N–H and O–H groups in total. The van der Waals surface area contributed by atoms with Crippen LogP contribution >= 0.6 is 11.6 Å². The van der Waals surface area contributed by atoms with E-state index in [1.54, 1.807) is 12.1 Å². The zero-order valence-corrected chi connectivity index (χ0v) is 9.53. The summed E-state index contributed by atoms with van der Waals surface area (Å²) in [6, 6.07) is 9.02. The van der Waals surface area contributed by atoms with Crippen LogP contribution in [0.5, 0.6) is 0 Å². The van der Waals surface area contributed by atoms with Crippen LogP contribution in [0.3, 0.4) is 0 Å². The summed E-state index contributed by atoms with van der Waals surface area (Å²) in [4.78, 5) is 14.5. The second-order valence-electron chi connectivity index (χ2n) is 3.41. The summed E-state index contributed by atoms with van der Waals surface area (Å²) in [5.41, 5.74) is 1.56. The number of carbonyl (C=O) groups is 1. The van der Waals surface area contributed by atoms with E-state index in [9.17, 15) is 4.79 Å². The molecule has 0 bridgehead atoms. The SMILES string of the molecule is O=C(O)CC#Cc1ccc2nc(Cl)ccc2c1. The highest BCUT2D eigenvalue weighted by molar-refractivity contribution is 6.29. The molecule has 0 aliphatic carbocycles. The fraction of sp³-hybridized carbons (Fsp3) is 0.0769. The van der Waals surface area contributed by atoms with E-state index in [1.165, 1.54) is 0 Å². The van der Waals surface area contributed by atoms with Crippen molar-refractivity contribution >= 4 is 28.5 Å². The fourth-order valence-corrected chi connectivity index (χ4v) is 1.55. The Bertz CT molecular complexity index is 641. The van der Waals surface area contributed by atoms with E-state index in [-0.39, 0.29) is 6.42 Å². The highest BCUT2D eigenvalue weighted by Crippen LogP contribution is 2.16. The Labute approximate surface area is 103 Å². The minimum Gasteiger partial charge on any atom is -0.481 e. The van der Waals surface area contributed by atoms with Crippen molar-refractivity contribution in [1.82, 2.24) is 4.98 Å². The highest BCUT2D eigenvalue weighted by Gasteiger charge is 1.97. The van der Waals surface area contributed by atoms with Crippen LogP contribution in [-0.2, 0) is 4.79 Å². The maximum Gasteiger partial charge on any atom is 0.315 e. The molecular weight excluding hydrogens is 238 g/mol. The first-order valence-electron chi connectivity index (χ1n) is 4.92. The number of benzene rings is 1. The van der Waals surface area contributed by atoms with Crippen molar-refractivity contribution in [2.24, 2.45) is 0 Å². The zero-order valence-electron chi connectivity index (χ0n) is 8.77. The third-order valence-electron chi connectivity index (χ3n) is 2.13. The van der Waals surface area contributed by atoms with Gasteiger partial charge in [0.15, 0.2) is 0 Å². The van der Waals surface area contributed by atoms with Crippen molar-refractivity contribution in [2.45, 2.75) is 6.42 Å². The Morgan fingerprint density at radius 3 is 2.94 bits per heavy atom. The largest absolute Gasteiger partial charge is 0.481 e. The van der Waals surface area contributed by atoms with Gasteiger partial charge in [-0.25, -0.2) is 4.98 Å². The monoisotopic (exact) mass is 245 g/mol. The number of nitrogens with zero attached hydrogens (tertiary/aromatic N) is 1. The zero-order chi connectivity index (χ0) is 12.3. The number of aliphatic carboxylic acids is 1. The van der Waals surface area contributed by atoms with Gasteiger partial charge in [-0.05, 0) is 30.3 Å². The predicted octanol–water partition coefficient (Wildman–Crippen LogP) is 2.71.